The van der Waals surface area contributed by atoms with E-state index in [-0.39, 0.29) is 0 Å². The molecule has 0 amide bonds. The standard InChI is InChI=1S/C20H16N4/c1-13-5-4-6-14(11-13)18-16-9-10-22-20(16)19(23-12-21)15-7-2-3-8-17(15)24-18/h2-12,21-22H,1H3. The second-order valence-electron chi connectivity index (χ2n) is 5.72. The number of para-hydroxylation sites is 1. The molecular formula is C20H16N4. The number of nitrogens with zero attached hydrogens (tertiary/aromatic N) is 2. The van der Waals surface area contributed by atoms with Gasteiger partial charge in [0.25, 0.3) is 0 Å². The van der Waals surface area contributed by atoms with Crippen LogP contribution in [0.25, 0.3) is 33.1 Å². The Balaban J connectivity index is 2.27. The SMILES string of the molecule is Cc1cccc(-c2nc3ccccc3c(=NC=N)c3[nH]ccc23)c1. The number of rotatable bonds is 2. The number of hydrogen-bond donors (Lipinski definition) is 2. The van der Waals surface area contributed by atoms with E-state index in [0.29, 0.717) is 0 Å². The molecule has 0 radical (unpaired) electrons. The summed E-state index contributed by atoms with van der Waals surface area (Å²) in [5.41, 5.74) is 4.93. The first-order chi connectivity index (χ1) is 11.8. The summed E-state index contributed by atoms with van der Waals surface area (Å²) < 4.78 is 0. The lowest BCUT2D eigenvalue weighted by Gasteiger charge is -2.01. The number of fused-ring (bicyclic) bond motifs is 2. The first-order valence-corrected chi connectivity index (χ1v) is 7.78. The second-order valence-corrected chi connectivity index (χ2v) is 5.72. The van der Waals surface area contributed by atoms with Crippen LogP contribution in [-0.4, -0.2) is 16.3 Å². The van der Waals surface area contributed by atoms with Crippen LogP contribution in [0.1, 0.15) is 5.56 Å². The molecule has 2 N–H and O–H groups in total. The van der Waals surface area contributed by atoms with Gasteiger partial charge in [-0.1, -0.05) is 42.0 Å². The Morgan fingerprint density at radius 1 is 1.04 bits per heavy atom. The van der Waals surface area contributed by atoms with E-state index >= 15 is 0 Å². The van der Waals surface area contributed by atoms with Crippen molar-refractivity contribution in [1.82, 2.24) is 9.97 Å². The highest BCUT2D eigenvalue weighted by atomic mass is 14.8. The summed E-state index contributed by atoms with van der Waals surface area (Å²) in [5, 5.41) is 10.1. The topological polar surface area (TPSA) is 64.9 Å². The minimum Gasteiger partial charge on any atom is -0.359 e. The molecule has 2 aromatic heterocycles. The second kappa shape index (κ2) is 5.74. The van der Waals surface area contributed by atoms with E-state index in [9.17, 15) is 0 Å². The van der Waals surface area contributed by atoms with E-state index in [1.54, 1.807) is 0 Å². The summed E-state index contributed by atoms with van der Waals surface area (Å²) in [6.07, 6.45) is 2.97. The summed E-state index contributed by atoms with van der Waals surface area (Å²) >= 11 is 0. The highest BCUT2D eigenvalue weighted by Gasteiger charge is 2.10. The largest absolute Gasteiger partial charge is 0.359 e. The first kappa shape index (κ1) is 14.3. The van der Waals surface area contributed by atoms with Gasteiger partial charge in [0.15, 0.2) is 0 Å². The zero-order chi connectivity index (χ0) is 16.5. The molecule has 0 saturated carbocycles. The lowest BCUT2D eigenvalue weighted by atomic mass is 10.1. The molecule has 116 valence electrons. The van der Waals surface area contributed by atoms with Gasteiger partial charge >= 0.3 is 0 Å². The van der Waals surface area contributed by atoms with E-state index in [1.807, 2.05) is 42.6 Å². The van der Waals surface area contributed by atoms with Crippen LogP contribution in [0.15, 0.2) is 65.8 Å². The molecule has 0 atom stereocenters. The van der Waals surface area contributed by atoms with Gasteiger partial charge in [-0.05, 0) is 25.1 Å². The van der Waals surface area contributed by atoms with Crippen molar-refractivity contribution in [3.63, 3.8) is 0 Å². The average molecular weight is 312 g/mol. The molecule has 0 aliphatic carbocycles. The van der Waals surface area contributed by atoms with E-state index in [1.165, 1.54) is 5.56 Å². The van der Waals surface area contributed by atoms with E-state index in [2.05, 4.69) is 35.1 Å². The Morgan fingerprint density at radius 3 is 2.75 bits per heavy atom. The van der Waals surface area contributed by atoms with Gasteiger partial charge < -0.3 is 4.98 Å². The quantitative estimate of drug-likeness (QED) is 0.423. The van der Waals surface area contributed by atoms with E-state index < -0.39 is 0 Å². The normalized spacial score (nSPS) is 12.0. The maximum absolute atomic E-state index is 7.42. The monoisotopic (exact) mass is 312 g/mol. The van der Waals surface area contributed by atoms with Crippen molar-refractivity contribution in [2.75, 3.05) is 0 Å². The first-order valence-electron chi connectivity index (χ1n) is 7.78. The molecule has 4 nitrogen and oxygen atoms in total. The Labute approximate surface area is 139 Å². The molecule has 0 spiro atoms. The summed E-state index contributed by atoms with van der Waals surface area (Å²) in [6.45, 7) is 2.08. The predicted octanol–water partition coefficient (Wildman–Crippen LogP) is 4.20. The van der Waals surface area contributed by atoms with Crippen molar-refractivity contribution in [3.8, 4) is 11.3 Å². The number of aromatic amines is 1. The third-order valence-electron chi connectivity index (χ3n) is 4.12. The minimum atomic E-state index is 0.743. The van der Waals surface area contributed by atoms with Crippen LogP contribution in [0, 0.1) is 12.3 Å². The molecule has 4 aromatic rings. The van der Waals surface area contributed by atoms with E-state index in [0.717, 1.165) is 44.8 Å². The van der Waals surface area contributed by atoms with Crippen molar-refractivity contribution in [2.24, 2.45) is 4.99 Å². The molecule has 2 aromatic carbocycles. The number of nitrogens with one attached hydrogen (secondary N) is 2. The Bertz CT molecular complexity index is 1140. The fourth-order valence-electron chi connectivity index (χ4n) is 3.06. The Morgan fingerprint density at radius 2 is 1.92 bits per heavy atom. The predicted molar refractivity (Wildman–Crippen MR) is 98.1 cm³/mol. The third-order valence-corrected chi connectivity index (χ3v) is 4.12. The third kappa shape index (κ3) is 2.29. The molecule has 4 rings (SSSR count). The summed E-state index contributed by atoms with van der Waals surface area (Å²) in [4.78, 5) is 12.5. The smallest absolute Gasteiger partial charge is 0.107 e. The molecule has 24 heavy (non-hydrogen) atoms. The molecular weight excluding hydrogens is 296 g/mol. The van der Waals surface area contributed by atoms with Gasteiger partial charge in [-0.15, -0.1) is 0 Å². The van der Waals surface area contributed by atoms with Gasteiger partial charge in [-0.2, -0.15) is 0 Å². The highest BCUT2D eigenvalue weighted by molar-refractivity contribution is 5.98. The molecule has 0 saturated heterocycles. The van der Waals surface area contributed by atoms with Crippen LogP contribution >= 0.6 is 0 Å². The number of hydrogen-bond acceptors (Lipinski definition) is 2. The fraction of sp³-hybridized carbons (Fsp3) is 0.0500. The molecule has 0 aliphatic heterocycles. The molecule has 2 heterocycles. The van der Waals surface area contributed by atoms with Crippen molar-refractivity contribution in [2.45, 2.75) is 6.92 Å². The van der Waals surface area contributed by atoms with Crippen LogP contribution in [0.4, 0.5) is 0 Å². The highest BCUT2D eigenvalue weighted by Crippen LogP contribution is 2.26. The minimum absolute atomic E-state index is 0.743. The maximum atomic E-state index is 7.42. The average Bonchev–Trinajstić information content (AvgIpc) is 3.02. The molecule has 4 heteroatoms. The van der Waals surface area contributed by atoms with Crippen LogP contribution < -0.4 is 5.36 Å². The lowest BCUT2D eigenvalue weighted by molar-refractivity contribution is 1.39. The van der Waals surface area contributed by atoms with Crippen LogP contribution in [0.5, 0.6) is 0 Å². The summed E-state index contributed by atoms with van der Waals surface area (Å²) in [6, 6.07) is 18.3. The van der Waals surface area contributed by atoms with Gasteiger partial charge in [0.05, 0.1) is 22.1 Å². The molecule has 0 fully saturated rings. The Kier molecular flexibility index (Phi) is 3.43. The molecule has 0 unspecified atom stereocenters. The van der Waals surface area contributed by atoms with Crippen molar-refractivity contribution in [1.29, 1.82) is 5.41 Å². The summed E-state index contributed by atoms with van der Waals surface area (Å²) in [7, 11) is 0. The zero-order valence-corrected chi connectivity index (χ0v) is 13.2. The van der Waals surface area contributed by atoms with Gasteiger partial charge in [0.2, 0.25) is 0 Å². The maximum Gasteiger partial charge on any atom is 0.107 e. The number of aryl methyl sites for hydroxylation is 1. The number of H-pyrrole nitrogens is 1. The van der Waals surface area contributed by atoms with Gasteiger partial charge in [0, 0.05) is 22.5 Å². The van der Waals surface area contributed by atoms with Gasteiger partial charge in [0.1, 0.15) is 6.34 Å². The van der Waals surface area contributed by atoms with Crippen LogP contribution in [0.3, 0.4) is 0 Å². The van der Waals surface area contributed by atoms with Crippen molar-refractivity contribution >= 4 is 28.1 Å². The van der Waals surface area contributed by atoms with Crippen LogP contribution in [0.2, 0.25) is 0 Å². The zero-order valence-electron chi connectivity index (χ0n) is 13.2. The fourth-order valence-corrected chi connectivity index (χ4v) is 3.06. The Hall–Kier alpha value is -3.27. The van der Waals surface area contributed by atoms with Gasteiger partial charge in [-0.25, -0.2) is 9.98 Å². The van der Waals surface area contributed by atoms with Crippen molar-refractivity contribution < 1.29 is 0 Å². The van der Waals surface area contributed by atoms with Gasteiger partial charge in [-0.3, -0.25) is 5.41 Å². The van der Waals surface area contributed by atoms with Crippen molar-refractivity contribution in [3.05, 3.63) is 71.7 Å². The lowest BCUT2D eigenvalue weighted by Crippen LogP contribution is -2.02. The summed E-state index contributed by atoms with van der Waals surface area (Å²) in [5.74, 6) is 0. The van der Waals surface area contributed by atoms with E-state index in [4.69, 9.17) is 10.4 Å². The molecule has 0 aliphatic rings. The number of aromatic nitrogens is 2. The van der Waals surface area contributed by atoms with Crippen LogP contribution in [-0.2, 0) is 0 Å². The molecule has 0 bridgehead atoms. The number of benzene rings is 2.